The van der Waals surface area contributed by atoms with Crippen LogP contribution in [0.4, 0.5) is 13.2 Å². The number of aryl methyl sites for hydroxylation is 1. The van der Waals surface area contributed by atoms with Gasteiger partial charge >= 0.3 is 11.9 Å². The van der Waals surface area contributed by atoms with Crippen LogP contribution in [0.2, 0.25) is 0 Å². The van der Waals surface area contributed by atoms with Gasteiger partial charge in [-0.3, -0.25) is 4.57 Å². The van der Waals surface area contributed by atoms with Crippen LogP contribution in [0.25, 0.3) is 11.1 Å². The molecule has 19 heavy (non-hydrogen) atoms. The first-order valence-electron chi connectivity index (χ1n) is 5.77. The lowest BCUT2D eigenvalue weighted by atomic mass is 10.0. The van der Waals surface area contributed by atoms with Gasteiger partial charge in [-0.25, -0.2) is 4.79 Å². The summed E-state index contributed by atoms with van der Waals surface area (Å²) in [6.45, 7) is 2.21. The van der Waals surface area contributed by atoms with Gasteiger partial charge in [0.1, 0.15) is 0 Å². The van der Waals surface area contributed by atoms with Crippen LogP contribution in [0, 0.1) is 0 Å². The van der Waals surface area contributed by atoms with E-state index < -0.39 is 24.4 Å². The zero-order chi connectivity index (χ0) is 14.2. The molecule has 104 valence electrons. The number of oxazole rings is 1. The Morgan fingerprint density at radius 3 is 2.68 bits per heavy atom. The van der Waals surface area contributed by atoms with Crippen LogP contribution in [0.5, 0.6) is 0 Å². The van der Waals surface area contributed by atoms with Crippen molar-refractivity contribution >= 4 is 11.1 Å². The largest absolute Gasteiger partial charge is 0.419 e. The van der Waals surface area contributed by atoms with Gasteiger partial charge in [0.15, 0.2) is 5.58 Å². The lowest BCUT2D eigenvalue weighted by Crippen LogP contribution is -2.20. The molecule has 0 bridgehead atoms. The minimum absolute atomic E-state index is 0.252. The molecule has 0 spiro atoms. The number of fused-ring (bicyclic) bond motifs is 1. The smallest absolute Gasteiger partial charge is 0.408 e. The second kappa shape index (κ2) is 4.73. The van der Waals surface area contributed by atoms with Crippen LogP contribution in [0.15, 0.2) is 27.4 Å². The number of nitrogens with zero attached hydrogens (tertiary/aromatic N) is 1. The zero-order valence-corrected chi connectivity index (χ0v) is 10.2. The van der Waals surface area contributed by atoms with Gasteiger partial charge in [-0.1, -0.05) is 6.07 Å². The van der Waals surface area contributed by atoms with Crippen LogP contribution in [0.3, 0.4) is 0 Å². The van der Waals surface area contributed by atoms with Crippen molar-refractivity contribution in [2.24, 2.45) is 5.73 Å². The van der Waals surface area contributed by atoms with E-state index in [9.17, 15) is 18.0 Å². The average Bonchev–Trinajstić information content (AvgIpc) is 2.60. The third-order valence-corrected chi connectivity index (χ3v) is 2.89. The molecule has 0 aliphatic rings. The predicted molar refractivity (Wildman–Crippen MR) is 63.7 cm³/mol. The van der Waals surface area contributed by atoms with Crippen molar-refractivity contribution in [3.05, 3.63) is 34.3 Å². The molecule has 4 nitrogen and oxygen atoms in total. The Balaban J connectivity index is 2.40. The predicted octanol–water partition coefficient (Wildman–Crippen LogP) is 2.57. The van der Waals surface area contributed by atoms with Crippen molar-refractivity contribution in [1.82, 2.24) is 4.57 Å². The fourth-order valence-electron chi connectivity index (χ4n) is 1.98. The number of rotatable bonds is 3. The summed E-state index contributed by atoms with van der Waals surface area (Å²) < 4.78 is 43.2. The van der Waals surface area contributed by atoms with Gasteiger partial charge in [0.2, 0.25) is 0 Å². The minimum atomic E-state index is -4.33. The molecule has 1 aromatic carbocycles. The maximum atomic E-state index is 12.3. The van der Waals surface area contributed by atoms with Crippen LogP contribution in [0.1, 0.15) is 24.9 Å². The maximum Gasteiger partial charge on any atom is 0.419 e. The molecule has 1 aromatic heterocycles. The van der Waals surface area contributed by atoms with Gasteiger partial charge in [0, 0.05) is 12.6 Å². The Bertz CT molecular complexity index is 642. The Morgan fingerprint density at radius 1 is 1.42 bits per heavy atom. The van der Waals surface area contributed by atoms with E-state index in [-0.39, 0.29) is 5.58 Å². The summed E-state index contributed by atoms with van der Waals surface area (Å²) in [4.78, 5) is 11.5. The number of benzene rings is 1. The highest BCUT2D eigenvalue weighted by atomic mass is 19.4. The first kappa shape index (κ1) is 13.7. The van der Waals surface area contributed by atoms with Crippen LogP contribution in [-0.4, -0.2) is 10.7 Å². The molecular weight excluding hydrogens is 261 g/mol. The minimum Gasteiger partial charge on any atom is -0.408 e. The monoisotopic (exact) mass is 274 g/mol. The van der Waals surface area contributed by atoms with Gasteiger partial charge in [-0.15, -0.1) is 0 Å². The topological polar surface area (TPSA) is 61.2 Å². The Hall–Kier alpha value is -1.76. The summed E-state index contributed by atoms with van der Waals surface area (Å²) in [5, 5.41) is 0. The highest BCUT2D eigenvalue weighted by molar-refractivity contribution is 5.73. The molecule has 2 N–H and O–H groups in total. The van der Waals surface area contributed by atoms with Gasteiger partial charge in [0.25, 0.3) is 0 Å². The molecule has 0 radical (unpaired) electrons. The van der Waals surface area contributed by atoms with E-state index in [0.29, 0.717) is 17.6 Å². The standard InChI is InChI=1S/C12H13F3N2O2/c1-2-17-9-4-3-7(5-10(9)19-11(17)18)8(16)6-12(13,14)15/h3-5,8H,2,6,16H2,1H3. The number of alkyl halides is 3. The van der Waals surface area contributed by atoms with E-state index in [1.807, 2.05) is 0 Å². The highest BCUT2D eigenvalue weighted by Crippen LogP contribution is 2.29. The molecule has 0 saturated heterocycles. The third kappa shape index (κ3) is 2.81. The fourth-order valence-corrected chi connectivity index (χ4v) is 1.98. The lowest BCUT2D eigenvalue weighted by Gasteiger charge is -2.14. The van der Waals surface area contributed by atoms with Crippen molar-refractivity contribution in [2.45, 2.75) is 32.1 Å². The molecule has 7 heteroatoms. The quantitative estimate of drug-likeness (QED) is 0.935. The average molecular weight is 274 g/mol. The summed E-state index contributed by atoms with van der Waals surface area (Å²) in [7, 11) is 0. The number of aromatic nitrogens is 1. The summed E-state index contributed by atoms with van der Waals surface area (Å²) in [6, 6.07) is 3.26. The molecule has 1 unspecified atom stereocenters. The van der Waals surface area contributed by atoms with E-state index in [0.717, 1.165) is 0 Å². The zero-order valence-electron chi connectivity index (χ0n) is 10.2. The first-order chi connectivity index (χ1) is 8.81. The summed E-state index contributed by atoms with van der Waals surface area (Å²) in [5.74, 6) is -0.529. The Morgan fingerprint density at radius 2 is 2.11 bits per heavy atom. The van der Waals surface area contributed by atoms with Crippen LogP contribution < -0.4 is 11.5 Å². The number of hydrogen-bond donors (Lipinski definition) is 1. The molecule has 2 aromatic rings. The third-order valence-electron chi connectivity index (χ3n) is 2.89. The van der Waals surface area contributed by atoms with Crippen molar-refractivity contribution in [1.29, 1.82) is 0 Å². The van der Waals surface area contributed by atoms with Crippen molar-refractivity contribution < 1.29 is 17.6 Å². The Kier molecular flexibility index (Phi) is 3.40. The lowest BCUT2D eigenvalue weighted by molar-refractivity contribution is -0.138. The van der Waals surface area contributed by atoms with E-state index >= 15 is 0 Å². The SMILES string of the molecule is CCn1c(=O)oc2cc(C(N)CC(F)(F)F)ccc21. The summed E-state index contributed by atoms with van der Waals surface area (Å²) in [6.07, 6.45) is -5.44. The normalized spacial score (nSPS) is 13.9. The number of hydrogen-bond acceptors (Lipinski definition) is 3. The molecule has 0 saturated carbocycles. The molecule has 0 aliphatic carbocycles. The molecule has 1 heterocycles. The van der Waals surface area contributed by atoms with Crippen LogP contribution in [-0.2, 0) is 6.54 Å². The molecule has 0 amide bonds. The molecular formula is C12H13F3N2O2. The fraction of sp³-hybridized carbons (Fsp3) is 0.417. The van der Waals surface area contributed by atoms with Gasteiger partial charge in [-0.05, 0) is 24.6 Å². The Labute approximate surface area is 106 Å². The number of halogens is 3. The van der Waals surface area contributed by atoms with Crippen molar-refractivity contribution in [2.75, 3.05) is 0 Å². The molecule has 0 fully saturated rings. The van der Waals surface area contributed by atoms with E-state index in [4.69, 9.17) is 10.2 Å². The van der Waals surface area contributed by atoms with Crippen molar-refractivity contribution in [3.63, 3.8) is 0 Å². The molecule has 1 atom stereocenters. The molecule has 2 rings (SSSR count). The van der Waals surface area contributed by atoms with Crippen LogP contribution >= 0.6 is 0 Å². The second-order valence-corrected chi connectivity index (χ2v) is 4.27. The number of nitrogens with two attached hydrogens (primary N) is 1. The molecule has 0 aliphatic heterocycles. The second-order valence-electron chi connectivity index (χ2n) is 4.27. The highest BCUT2D eigenvalue weighted by Gasteiger charge is 2.31. The van der Waals surface area contributed by atoms with Gasteiger partial charge in [-0.2, -0.15) is 13.2 Å². The summed E-state index contributed by atoms with van der Waals surface area (Å²) in [5.41, 5.74) is 6.60. The first-order valence-corrected chi connectivity index (χ1v) is 5.77. The van der Waals surface area contributed by atoms with Gasteiger partial charge in [0.05, 0.1) is 11.9 Å². The van der Waals surface area contributed by atoms with Gasteiger partial charge < -0.3 is 10.2 Å². The van der Waals surface area contributed by atoms with E-state index in [1.165, 1.54) is 16.7 Å². The van der Waals surface area contributed by atoms with Crippen molar-refractivity contribution in [3.8, 4) is 0 Å². The maximum absolute atomic E-state index is 12.3. The van der Waals surface area contributed by atoms with E-state index in [1.54, 1.807) is 13.0 Å². The van der Waals surface area contributed by atoms with E-state index in [2.05, 4.69) is 0 Å². The summed E-state index contributed by atoms with van der Waals surface area (Å²) >= 11 is 0.